The lowest BCUT2D eigenvalue weighted by Crippen LogP contribution is -2.30. The molecular formula is C15H24N2OS2. The lowest BCUT2D eigenvalue weighted by Gasteiger charge is -2.18. The van der Waals surface area contributed by atoms with Crippen LogP contribution in [-0.2, 0) is 0 Å². The van der Waals surface area contributed by atoms with E-state index in [1.54, 1.807) is 0 Å². The predicted octanol–water partition coefficient (Wildman–Crippen LogP) is 3.90. The van der Waals surface area contributed by atoms with Crippen LogP contribution in [0.3, 0.4) is 0 Å². The summed E-state index contributed by atoms with van der Waals surface area (Å²) in [7, 11) is 0. The summed E-state index contributed by atoms with van der Waals surface area (Å²) < 4.78 is 5.75. The maximum Gasteiger partial charge on any atom is 0.170 e. The average molecular weight is 313 g/mol. The van der Waals surface area contributed by atoms with Gasteiger partial charge in [-0.15, -0.1) is 0 Å². The number of thiocarbonyl (C=S) groups is 1. The Kier molecular flexibility index (Phi) is 7.16. The fraction of sp³-hybridized carbons (Fsp3) is 0.533. The monoisotopic (exact) mass is 312 g/mol. The van der Waals surface area contributed by atoms with Crippen molar-refractivity contribution in [2.75, 3.05) is 24.2 Å². The summed E-state index contributed by atoms with van der Waals surface area (Å²) in [5.41, 5.74) is 0.942. The van der Waals surface area contributed by atoms with Crippen LogP contribution in [0.25, 0.3) is 0 Å². The maximum atomic E-state index is 5.46. The first-order valence-electron chi connectivity index (χ1n) is 6.82. The van der Waals surface area contributed by atoms with Crippen LogP contribution >= 0.6 is 24.0 Å². The summed E-state index contributed by atoms with van der Waals surface area (Å²) in [6.07, 6.45) is 0. The van der Waals surface area contributed by atoms with Gasteiger partial charge in [-0.1, -0.05) is 26.8 Å². The Balaban J connectivity index is 2.33. The molecule has 3 nitrogen and oxygen atoms in total. The van der Waals surface area contributed by atoms with Gasteiger partial charge in [0.05, 0.1) is 6.61 Å². The quantitative estimate of drug-likeness (QED) is 0.615. The van der Waals surface area contributed by atoms with Crippen molar-refractivity contribution >= 4 is 34.8 Å². The van der Waals surface area contributed by atoms with Crippen molar-refractivity contribution in [3.05, 3.63) is 24.3 Å². The fourth-order valence-corrected chi connectivity index (χ4v) is 2.56. The Morgan fingerprint density at radius 2 is 2.10 bits per heavy atom. The Morgan fingerprint density at radius 3 is 2.75 bits per heavy atom. The fourth-order valence-electron chi connectivity index (χ4n) is 1.53. The first kappa shape index (κ1) is 17.1. The molecule has 1 rings (SSSR count). The highest BCUT2D eigenvalue weighted by atomic mass is 32.2. The van der Waals surface area contributed by atoms with Crippen molar-refractivity contribution in [1.29, 1.82) is 0 Å². The molecule has 1 aromatic rings. The molecule has 0 aliphatic carbocycles. The minimum atomic E-state index is 0.294. The number of ether oxygens (including phenoxy) is 1. The van der Waals surface area contributed by atoms with Crippen LogP contribution in [-0.4, -0.2) is 28.8 Å². The molecule has 0 saturated heterocycles. The van der Waals surface area contributed by atoms with Crippen molar-refractivity contribution < 1.29 is 4.74 Å². The molecule has 0 fully saturated rings. The molecule has 0 aromatic heterocycles. The van der Waals surface area contributed by atoms with E-state index in [2.05, 4.69) is 31.4 Å². The number of hydrogen-bond donors (Lipinski definition) is 2. The molecule has 0 amide bonds. The molecular weight excluding hydrogens is 288 g/mol. The molecule has 112 valence electrons. The Hall–Kier alpha value is -0.940. The zero-order chi connectivity index (χ0) is 15.0. The van der Waals surface area contributed by atoms with E-state index in [1.165, 1.54) is 0 Å². The molecule has 0 aliphatic rings. The van der Waals surface area contributed by atoms with Gasteiger partial charge >= 0.3 is 0 Å². The van der Waals surface area contributed by atoms with Crippen molar-refractivity contribution in [3.8, 4) is 5.75 Å². The van der Waals surface area contributed by atoms with Gasteiger partial charge in [0, 0.05) is 28.8 Å². The first-order chi connectivity index (χ1) is 9.40. The van der Waals surface area contributed by atoms with Crippen molar-refractivity contribution in [2.45, 2.75) is 32.4 Å². The first-order valence-corrected chi connectivity index (χ1v) is 8.22. The average Bonchev–Trinajstić information content (AvgIpc) is 2.34. The smallest absolute Gasteiger partial charge is 0.170 e. The van der Waals surface area contributed by atoms with Gasteiger partial charge in [-0.05, 0) is 31.3 Å². The van der Waals surface area contributed by atoms with E-state index in [1.807, 2.05) is 43.0 Å². The van der Waals surface area contributed by atoms with Crippen LogP contribution in [0, 0.1) is 0 Å². The molecule has 0 atom stereocenters. The highest BCUT2D eigenvalue weighted by Gasteiger charge is 2.09. The lowest BCUT2D eigenvalue weighted by molar-refractivity contribution is 0.340. The zero-order valence-electron chi connectivity index (χ0n) is 12.7. The third-order valence-electron chi connectivity index (χ3n) is 2.33. The molecule has 0 aliphatic heterocycles. The van der Waals surface area contributed by atoms with Crippen LogP contribution < -0.4 is 15.4 Å². The second-order valence-corrected chi connectivity index (χ2v) is 7.63. The topological polar surface area (TPSA) is 33.3 Å². The third kappa shape index (κ3) is 7.60. The number of hydrogen-bond acceptors (Lipinski definition) is 3. The SMILES string of the molecule is CCOc1cccc(NC(=S)NCCSC(C)(C)C)c1. The number of rotatable bonds is 6. The standard InChI is InChI=1S/C15H24N2OS2/c1-5-18-13-8-6-7-12(11-13)17-14(19)16-9-10-20-15(2,3)4/h6-8,11H,5,9-10H2,1-4H3,(H2,16,17,19). The third-order valence-corrected chi connectivity index (χ3v) is 3.85. The molecule has 0 saturated carbocycles. The largest absolute Gasteiger partial charge is 0.494 e. The summed E-state index contributed by atoms with van der Waals surface area (Å²) in [6.45, 7) is 10.1. The molecule has 20 heavy (non-hydrogen) atoms. The van der Waals surface area contributed by atoms with Gasteiger partial charge in [-0.2, -0.15) is 11.8 Å². The minimum Gasteiger partial charge on any atom is -0.494 e. The second kappa shape index (κ2) is 8.37. The number of thioether (sulfide) groups is 1. The molecule has 0 spiro atoms. The van der Waals surface area contributed by atoms with Crippen LogP contribution in [0.4, 0.5) is 5.69 Å². The summed E-state index contributed by atoms with van der Waals surface area (Å²) in [5, 5.41) is 7.03. The number of nitrogens with one attached hydrogen (secondary N) is 2. The normalized spacial score (nSPS) is 11.0. The zero-order valence-corrected chi connectivity index (χ0v) is 14.3. The van der Waals surface area contributed by atoms with Crippen molar-refractivity contribution in [1.82, 2.24) is 5.32 Å². The van der Waals surface area contributed by atoms with Gasteiger partial charge in [0.15, 0.2) is 5.11 Å². The second-order valence-electron chi connectivity index (χ2n) is 5.30. The molecule has 2 N–H and O–H groups in total. The van der Waals surface area contributed by atoms with E-state index >= 15 is 0 Å². The summed E-state index contributed by atoms with van der Waals surface area (Å²) in [5.74, 6) is 1.88. The molecule has 5 heteroatoms. The van der Waals surface area contributed by atoms with E-state index in [0.29, 0.717) is 16.5 Å². The predicted molar refractivity (Wildman–Crippen MR) is 94.0 cm³/mol. The number of benzene rings is 1. The minimum absolute atomic E-state index is 0.294. The van der Waals surface area contributed by atoms with Crippen LogP contribution in [0.5, 0.6) is 5.75 Å². The van der Waals surface area contributed by atoms with E-state index in [9.17, 15) is 0 Å². The maximum absolute atomic E-state index is 5.46. The van der Waals surface area contributed by atoms with Crippen LogP contribution in [0.1, 0.15) is 27.7 Å². The van der Waals surface area contributed by atoms with Crippen LogP contribution in [0.15, 0.2) is 24.3 Å². The van der Waals surface area contributed by atoms with Gasteiger partial charge in [0.25, 0.3) is 0 Å². The molecule has 0 heterocycles. The summed E-state index contributed by atoms with van der Waals surface area (Å²) >= 11 is 7.20. The molecule has 0 radical (unpaired) electrons. The van der Waals surface area contributed by atoms with Crippen molar-refractivity contribution in [3.63, 3.8) is 0 Å². The van der Waals surface area contributed by atoms with E-state index in [4.69, 9.17) is 17.0 Å². The molecule has 0 unspecified atom stereocenters. The van der Waals surface area contributed by atoms with Gasteiger partial charge in [0.1, 0.15) is 5.75 Å². The Morgan fingerprint density at radius 1 is 1.35 bits per heavy atom. The van der Waals surface area contributed by atoms with Gasteiger partial charge in [-0.25, -0.2) is 0 Å². The van der Waals surface area contributed by atoms with Gasteiger partial charge < -0.3 is 15.4 Å². The van der Waals surface area contributed by atoms with Crippen LogP contribution in [0.2, 0.25) is 0 Å². The molecule has 0 bridgehead atoms. The highest BCUT2D eigenvalue weighted by Crippen LogP contribution is 2.22. The van der Waals surface area contributed by atoms with E-state index in [-0.39, 0.29) is 0 Å². The van der Waals surface area contributed by atoms with Gasteiger partial charge in [-0.3, -0.25) is 0 Å². The van der Waals surface area contributed by atoms with E-state index < -0.39 is 0 Å². The Labute approximate surface area is 131 Å². The molecule has 1 aromatic carbocycles. The summed E-state index contributed by atoms with van der Waals surface area (Å²) in [6, 6.07) is 7.80. The summed E-state index contributed by atoms with van der Waals surface area (Å²) in [4.78, 5) is 0. The lowest BCUT2D eigenvalue weighted by atomic mass is 10.3. The van der Waals surface area contributed by atoms with Crippen molar-refractivity contribution in [2.24, 2.45) is 0 Å². The van der Waals surface area contributed by atoms with Gasteiger partial charge in [0.2, 0.25) is 0 Å². The Bertz CT molecular complexity index is 430. The highest BCUT2D eigenvalue weighted by molar-refractivity contribution is 8.00. The van der Waals surface area contributed by atoms with E-state index in [0.717, 1.165) is 23.7 Å². The number of anilines is 1.